The molecule has 1 amide bonds. The Bertz CT molecular complexity index is 630. The summed E-state index contributed by atoms with van der Waals surface area (Å²) in [6.07, 6.45) is 5.44. The van der Waals surface area contributed by atoms with E-state index in [0.717, 1.165) is 12.8 Å². The lowest BCUT2D eigenvalue weighted by atomic mass is 9.99. The van der Waals surface area contributed by atoms with Crippen LogP contribution < -0.4 is 5.32 Å². The van der Waals surface area contributed by atoms with Crippen LogP contribution in [0.4, 0.5) is 0 Å². The molecule has 0 bridgehead atoms. The van der Waals surface area contributed by atoms with Gasteiger partial charge in [-0.15, -0.1) is 0 Å². The number of amides is 1. The number of carbonyl (C=O) groups is 1. The van der Waals surface area contributed by atoms with Gasteiger partial charge in [-0.05, 0) is 31.0 Å². The number of hydrogen-bond donors (Lipinski definition) is 2. The Morgan fingerprint density at radius 2 is 2.05 bits per heavy atom. The van der Waals surface area contributed by atoms with Crippen LogP contribution in [0.5, 0.6) is 0 Å². The van der Waals surface area contributed by atoms with E-state index in [1.54, 1.807) is 31.0 Å². The molecular weight excluding hydrogens is 278 g/mol. The van der Waals surface area contributed by atoms with Crippen LogP contribution in [0.1, 0.15) is 41.8 Å². The SMILES string of the molecule is CCCc1ccc(C(=O)NCC(C)(O)c2cnn(C)c2)cc1. The number of nitrogens with one attached hydrogen (secondary N) is 1. The molecule has 1 atom stereocenters. The van der Waals surface area contributed by atoms with Crippen molar-refractivity contribution in [3.63, 3.8) is 0 Å². The van der Waals surface area contributed by atoms with Gasteiger partial charge in [-0.1, -0.05) is 25.5 Å². The first-order chi connectivity index (χ1) is 10.4. The molecule has 5 nitrogen and oxygen atoms in total. The van der Waals surface area contributed by atoms with Crippen molar-refractivity contribution < 1.29 is 9.90 Å². The van der Waals surface area contributed by atoms with Gasteiger partial charge in [0, 0.05) is 24.4 Å². The second kappa shape index (κ2) is 6.75. The molecule has 0 spiro atoms. The Labute approximate surface area is 131 Å². The molecule has 0 aliphatic rings. The molecule has 0 saturated carbocycles. The highest BCUT2D eigenvalue weighted by atomic mass is 16.3. The zero-order valence-electron chi connectivity index (χ0n) is 13.3. The Hall–Kier alpha value is -2.14. The Kier molecular flexibility index (Phi) is 4.98. The first kappa shape index (κ1) is 16.2. The highest BCUT2D eigenvalue weighted by molar-refractivity contribution is 5.94. The molecule has 2 rings (SSSR count). The molecule has 0 saturated heterocycles. The van der Waals surface area contributed by atoms with Crippen molar-refractivity contribution in [1.29, 1.82) is 0 Å². The summed E-state index contributed by atoms with van der Waals surface area (Å²) >= 11 is 0. The largest absolute Gasteiger partial charge is 0.383 e. The molecule has 1 aromatic carbocycles. The highest BCUT2D eigenvalue weighted by Crippen LogP contribution is 2.18. The van der Waals surface area contributed by atoms with Crippen LogP contribution in [-0.2, 0) is 19.1 Å². The summed E-state index contributed by atoms with van der Waals surface area (Å²) < 4.78 is 1.62. The first-order valence-electron chi connectivity index (χ1n) is 7.51. The van der Waals surface area contributed by atoms with E-state index in [-0.39, 0.29) is 12.5 Å². The second-order valence-electron chi connectivity index (χ2n) is 5.81. The van der Waals surface area contributed by atoms with Crippen LogP contribution >= 0.6 is 0 Å². The number of carbonyl (C=O) groups excluding carboxylic acids is 1. The van der Waals surface area contributed by atoms with Gasteiger partial charge >= 0.3 is 0 Å². The molecule has 5 heteroatoms. The van der Waals surface area contributed by atoms with Crippen molar-refractivity contribution in [3.8, 4) is 0 Å². The maximum absolute atomic E-state index is 12.2. The Morgan fingerprint density at radius 3 is 2.59 bits per heavy atom. The number of aryl methyl sites for hydroxylation is 2. The summed E-state index contributed by atoms with van der Waals surface area (Å²) in [6.45, 7) is 3.92. The predicted octanol–water partition coefficient (Wildman–Crippen LogP) is 2.01. The lowest BCUT2D eigenvalue weighted by Crippen LogP contribution is -2.38. The zero-order chi connectivity index (χ0) is 16.2. The molecular formula is C17H23N3O2. The topological polar surface area (TPSA) is 67.2 Å². The third-order valence-corrected chi connectivity index (χ3v) is 3.67. The minimum Gasteiger partial charge on any atom is -0.383 e. The molecule has 0 fully saturated rings. The van der Waals surface area contributed by atoms with Gasteiger partial charge in [0.2, 0.25) is 0 Å². The van der Waals surface area contributed by atoms with Crippen molar-refractivity contribution in [2.24, 2.45) is 7.05 Å². The molecule has 2 aromatic rings. The van der Waals surface area contributed by atoms with Crippen LogP contribution in [0.25, 0.3) is 0 Å². The molecule has 0 aliphatic carbocycles. The van der Waals surface area contributed by atoms with Gasteiger partial charge in [-0.3, -0.25) is 9.48 Å². The van der Waals surface area contributed by atoms with Crippen LogP contribution in [0, 0.1) is 0 Å². The molecule has 0 radical (unpaired) electrons. The van der Waals surface area contributed by atoms with Crippen molar-refractivity contribution >= 4 is 5.91 Å². The third kappa shape index (κ3) is 3.95. The quantitative estimate of drug-likeness (QED) is 0.857. The lowest BCUT2D eigenvalue weighted by Gasteiger charge is -2.22. The van der Waals surface area contributed by atoms with Gasteiger partial charge in [0.05, 0.1) is 12.7 Å². The van der Waals surface area contributed by atoms with Crippen LogP contribution in [0.15, 0.2) is 36.7 Å². The number of rotatable bonds is 6. The second-order valence-corrected chi connectivity index (χ2v) is 5.81. The van der Waals surface area contributed by atoms with Crippen molar-refractivity contribution in [2.75, 3.05) is 6.54 Å². The number of hydrogen-bond acceptors (Lipinski definition) is 3. The van der Waals surface area contributed by atoms with Gasteiger partial charge in [0.1, 0.15) is 5.60 Å². The standard InChI is InChI=1S/C17H23N3O2/c1-4-5-13-6-8-14(9-7-13)16(21)18-12-17(2,22)15-10-19-20(3)11-15/h6-11,22H,4-5,12H2,1-3H3,(H,18,21). The third-order valence-electron chi connectivity index (χ3n) is 3.67. The van der Waals surface area contributed by atoms with Gasteiger partial charge in [-0.25, -0.2) is 0 Å². The summed E-state index contributed by atoms with van der Waals surface area (Å²) in [5.41, 5.74) is 1.35. The Morgan fingerprint density at radius 1 is 1.36 bits per heavy atom. The number of aromatic nitrogens is 2. The maximum atomic E-state index is 12.2. The maximum Gasteiger partial charge on any atom is 0.251 e. The molecule has 2 N–H and O–H groups in total. The van der Waals surface area contributed by atoms with Gasteiger partial charge in [0.25, 0.3) is 5.91 Å². The highest BCUT2D eigenvalue weighted by Gasteiger charge is 2.25. The fourth-order valence-electron chi connectivity index (χ4n) is 2.27. The van der Waals surface area contributed by atoms with Crippen LogP contribution in [0.3, 0.4) is 0 Å². The van der Waals surface area contributed by atoms with Crippen LogP contribution in [-0.4, -0.2) is 27.3 Å². The molecule has 118 valence electrons. The van der Waals surface area contributed by atoms with E-state index >= 15 is 0 Å². The number of nitrogens with zero attached hydrogens (tertiary/aromatic N) is 2. The first-order valence-corrected chi connectivity index (χ1v) is 7.51. The van der Waals surface area contributed by atoms with E-state index in [0.29, 0.717) is 11.1 Å². The number of benzene rings is 1. The normalized spacial score (nSPS) is 13.6. The zero-order valence-corrected chi connectivity index (χ0v) is 13.3. The average Bonchev–Trinajstić information content (AvgIpc) is 2.93. The molecule has 1 heterocycles. The Balaban J connectivity index is 1.97. The lowest BCUT2D eigenvalue weighted by molar-refractivity contribution is 0.0526. The van der Waals surface area contributed by atoms with E-state index in [1.165, 1.54) is 5.56 Å². The summed E-state index contributed by atoms with van der Waals surface area (Å²) in [6, 6.07) is 7.58. The fraction of sp³-hybridized carbons (Fsp3) is 0.412. The number of aliphatic hydroxyl groups is 1. The van der Waals surface area contributed by atoms with Crippen molar-refractivity contribution in [3.05, 3.63) is 53.3 Å². The summed E-state index contributed by atoms with van der Waals surface area (Å²) in [5, 5.41) is 17.3. The van der Waals surface area contributed by atoms with Gasteiger partial charge in [-0.2, -0.15) is 5.10 Å². The molecule has 1 unspecified atom stereocenters. The smallest absolute Gasteiger partial charge is 0.251 e. The average molecular weight is 301 g/mol. The van der Waals surface area contributed by atoms with E-state index in [1.807, 2.05) is 24.3 Å². The summed E-state index contributed by atoms with van der Waals surface area (Å²) in [4.78, 5) is 12.2. The monoisotopic (exact) mass is 301 g/mol. The molecule has 0 aliphatic heterocycles. The van der Waals surface area contributed by atoms with E-state index in [4.69, 9.17) is 0 Å². The van der Waals surface area contributed by atoms with Crippen molar-refractivity contribution in [1.82, 2.24) is 15.1 Å². The van der Waals surface area contributed by atoms with Crippen LogP contribution in [0.2, 0.25) is 0 Å². The summed E-state index contributed by atoms with van der Waals surface area (Å²) in [7, 11) is 1.79. The van der Waals surface area contributed by atoms with E-state index < -0.39 is 5.60 Å². The molecule has 1 aromatic heterocycles. The fourth-order valence-corrected chi connectivity index (χ4v) is 2.27. The molecule has 22 heavy (non-hydrogen) atoms. The van der Waals surface area contributed by atoms with Gasteiger partial charge < -0.3 is 10.4 Å². The minimum absolute atomic E-state index is 0.133. The van der Waals surface area contributed by atoms with E-state index in [2.05, 4.69) is 17.3 Å². The predicted molar refractivity (Wildman–Crippen MR) is 85.5 cm³/mol. The summed E-state index contributed by atoms with van der Waals surface area (Å²) in [5.74, 6) is -0.188. The van der Waals surface area contributed by atoms with Crippen molar-refractivity contribution in [2.45, 2.75) is 32.3 Å². The minimum atomic E-state index is -1.15. The van der Waals surface area contributed by atoms with Gasteiger partial charge in [0.15, 0.2) is 0 Å². The van der Waals surface area contributed by atoms with E-state index in [9.17, 15) is 9.90 Å².